The van der Waals surface area contributed by atoms with Crippen LogP contribution in [0.15, 0.2) is 41.3 Å². The lowest BCUT2D eigenvalue weighted by atomic mass is 10.1. The van der Waals surface area contributed by atoms with Crippen molar-refractivity contribution in [3.8, 4) is 0 Å². The molecule has 1 saturated heterocycles. The lowest BCUT2D eigenvalue weighted by molar-refractivity contribution is 0.0587. The number of anilines is 1. The Bertz CT molecular complexity index is 1170. The predicted octanol–water partition coefficient (Wildman–Crippen LogP) is 2.61. The van der Waals surface area contributed by atoms with Crippen LogP contribution in [0.1, 0.15) is 49.5 Å². The SMILES string of the molecule is COC(=O)c1ccc(C(=O)OC)c(NC(=O)c2cc(S(=O)(=O)N3CCCC3)ccc2C)c1. The van der Waals surface area contributed by atoms with Gasteiger partial charge in [-0.05, 0) is 55.7 Å². The normalized spacial score (nSPS) is 14.1. The Balaban J connectivity index is 1.98. The lowest BCUT2D eigenvalue weighted by Crippen LogP contribution is -2.28. The molecule has 2 aromatic carbocycles. The van der Waals surface area contributed by atoms with Crippen LogP contribution in [0.25, 0.3) is 0 Å². The van der Waals surface area contributed by atoms with Gasteiger partial charge in [0, 0.05) is 18.7 Å². The van der Waals surface area contributed by atoms with Gasteiger partial charge < -0.3 is 14.8 Å². The summed E-state index contributed by atoms with van der Waals surface area (Å²) in [5.41, 5.74) is 0.873. The zero-order chi connectivity index (χ0) is 23.5. The largest absolute Gasteiger partial charge is 0.465 e. The minimum atomic E-state index is -3.71. The number of methoxy groups -OCH3 is 2. The number of amides is 1. The van der Waals surface area contributed by atoms with Crippen LogP contribution in [-0.2, 0) is 19.5 Å². The average Bonchev–Trinajstić information content (AvgIpc) is 3.34. The smallest absolute Gasteiger partial charge is 0.339 e. The van der Waals surface area contributed by atoms with E-state index in [9.17, 15) is 22.8 Å². The second-order valence-corrected chi connectivity index (χ2v) is 9.22. The minimum Gasteiger partial charge on any atom is -0.465 e. The van der Waals surface area contributed by atoms with E-state index in [4.69, 9.17) is 4.74 Å². The molecule has 32 heavy (non-hydrogen) atoms. The number of nitrogens with zero attached hydrogens (tertiary/aromatic N) is 1. The van der Waals surface area contributed by atoms with Gasteiger partial charge in [0.2, 0.25) is 10.0 Å². The summed E-state index contributed by atoms with van der Waals surface area (Å²) in [7, 11) is -1.31. The monoisotopic (exact) mass is 460 g/mol. The van der Waals surface area contributed by atoms with Gasteiger partial charge in [0.15, 0.2) is 0 Å². The summed E-state index contributed by atoms with van der Waals surface area (Å²) in [6, 6.07) is 8.37. The van der Waals surface area contributed by atoms with Crippen LogP contribution < -0.4 is 5.32 Å². The Hall–Kier alpha value is -3.24. The van der Waals surface area contributed by atoms with E-state index in [2.05, 4.69) is 10.1 Å². The van der Waals surface area contributed by atoms with E-state index in [0.717, 1.165) is 12.8 Å². The molecule has 1 amide bonds. The van der Waals surface area contributed by atoms with Gasteiger partial charge in [-0.3, -0.25) is 4.79 Å². The highest BCUT2D eigenvalue weighted by molar-refractivity contribution is 7.89. The fourth-order valence-electron chi connectivity index (χ4n) is 3.45. The average molecular weight is 461 g/mol. The van der Waals surface area contributed by atoms with Crippen molar-refractivity contribution >= 4 is 33.6 Å². The third kappa shape index (κ3) is 4.66. The number of hydrogen-bond acceptors (Lipinski definition) is 7. The van der Waals surface area contributed by atoms with Crippen molar-refractivity contribution in [1.29, 1.82) is 0 Å². The second-order valence-electron chi connectivity index (χ2n) is 7.29. The van der Waals surface area contributed by atoms with Crippen molar-refractivity contribution in [2.75, 3.05) is 32.6 Å². The van der Waals surface area contributed by atoms with Crippen molar-refractivity contribution in [2.24, 2.45) is 0 Å². The third-order valence-corrected chi connectivity index (χ3v) is 7.15. The van der Waals surface area contributed by atoms with Gasteiger partial charge in [0.1, 0.15) is 0 Å². The quantitative estimate of drug-likeness (QED) is 0.658. The van der Waals surface area contributed by atoms with Gasteiger partial charge in [-0.25, -0.2) is 18.0 Å². The highest BCUT2D eigenvalue weighted by Crippen LogP contribution is 2.25. The zero-order valence-corrected chi connectivity index (χ0v) is 18.8. The van der Waals surface area contributed by atoms with Crippen LogP contribution in [0.3, 0.4) is 0 Å². The third-order valence-electron chi connectivity index (χ3n) is 5.25. The van der Waals surface area contributed by atoms with Crippen LogP contribution >= 0.6 is 0 Å². The summed E-state index contributed by atoms with van der Waals surface area (Å²) < 4.78 is 36.6. The van der Waals surface area contributed by atoms with Crippen LogP contribution in [0.4, 0.5) is 5.69 Å². The molecule has 1 fully saturated rings. The fourth-order valence-corrected chi connectivity index (χ4v) is 5.00. The number of nitrogens with one attached hydrogen (secondary N) is 1. The minimum absolute atomic E-state index is 0.0200. The molecule has 1 aliphatic heterocycles. The number of benzene rings is 2. The van der Waals surface area contributed by atoms with Crippen LogP contribution in [-0.4, -0.2) is 57.9 Å². The molecule has 3 rings (SSSR count). The van der Waals surface area contributed by atoms with E-state index in [0.29, 0.717) is 18.7 Å². The molecule has 0 radical (unpaired) electrons. The summed E-state index contributed by atoms with van der Waals surface area (Å²) >= 11 is 0. The first kappa shape index (κ1) is 23.4. The Morgan fingerprint density at radius 2 is 1.56 bits per heavy atom. The van der Waals surface area contributed by atoms with Crippen molar-refractivity contribution in [1.82, 2.24) is 4.31 Å². The molecular formula is C22H24N2O7S. The summed E-state index contributed by atoms with van der Waals surface area (Å²) in [6.07, 6.45) is 1.59. The number of aryl methyl sites for hydroxylation is 1. The van der Waals surface area contributed by atoms with E-state index in [1.54, 1.807) is 13.0 Å². The predicted molar refractivity (Wildman–Crippen MR) is 116 cm³/mol. The van der Waals surface area contributed by atoms with E-state index in [1.807, 2.05) is 0 Å². The van der Waals surface area contributed by atoms with Crippen molar-refractivity contribution < 1.29 is 32.3 Å². The van der Waals surface area contributed by atoms with Crippen molar-refractivity contribution in [3.05, 3.63) is 58.7 Å². The van der Waals surface area contributed by atoms with Gasteiger partial charge in [0.25, 0.3) is 5.91 Å². The number of sulfonamides is 1. The Labute approximate surface area is 186 Å². The van der Waals surface area contributed by atoms with Gasteiger partial charge >= 0.3 is 11.9 Å². The van der Waals surface area contributed by atoms with Crippen molar-refractivity contribution in [2.45, 2.75) is 24.7 Å². The van der Waals surface area contributed by atoms with Gasteiger partial charge in [-0.1, -0.05) is 6.07 Å². The van der Waals surface area contributed by atoms with Crippen molar-refractivity contribution in [3.63, 3.8) is 0 Å². The Kier molecular flexibility index (Phi) is 6.95. The molecule has 0 spiro atoms. The first-order valence-electron chi connectivity index (χ1n) is 9.92. The molecule has 170 valence electrons. The number of carbonyl (C=O) groups is 3. The Morgan fingerprint density at radius 3 is 2.19 bits per heavy atom. The molecule has 0 bridgehead atoms. The number of carbonyl (C=O) groups excluding carboxylic acids is 3. The van der Waals surface area contributed by atoms with Gasteiger partial charge in [-0.2, -0.15) is 4.31 Å². The van der Waals surface area contributed by atoms with Crippen LogP contribution in [0.2, 0.25) is 0 Å². The maximum absolute atomic E-state index is 13.1. The maximum Gasteiger partial charge on any atom is 0.339 e. The van der Waals surface area contributed by atoms with E-state index in [1.165, 1.54) is 48.9 Å². The molecule has 9 nitrogen and oxygen atoms in total. The summed E-state index contributed by atoms with van der Waals surface area (Å²) in [5.74, 6) is -1.99. The molecule has 0 atom stereocenters. The summed E-state index contributed by atoms with van der Waals surface area (Å²) in [6.45, 7) is 2.56. The van der Waals surface area contributed by atoms with E-state index < -0.39 is 27.9 Å². The fraction of sp³-hybridized carbons (Fsp3) is 0.318. The first-order valence-corrected chi connectivity index (χ1v) is 11.4. The molecule has 10 heteroatoms. The number of rotatable bonds is 6. The highest BCUT2D eigenvalue weighted by atomic mass is 32.2. The second kappa shape index (κ2) is 9.49. The van der Waals surface area contributed by atoms with E-state index in [-0.39, 0.29) is 27.3 Å². The summed E-state index contributed by atoms with van der Waals surface area (Å²) in [4.78, 5) is 37.1. The molecule has 0 aliphatic carbocycles. The molecule has 1 heterocycles. The molecule has 1 N–H and O–H groups in total. The molecule has 1 aliphatic rings. The molecule has 0 unspecified atom stereocenters. The molecule has 0 saturated carbocycles. The molecule has 0 aromatic heterocycles. The topological polar surface area (TPSA) is 119 Å². The van der Waals surface area contributed by atoms with Crippen LogP contribution in [0.5, 0.6) is 0 Å². The number of ether oxygens (including phenoxy) is 2. The maximum atomic E-state index is 13.1. The van der Waals surface area contributed by atoms with Gasteiger partial charge in [0.05, 0.1) is 35.9 Å². The lowest BCUT2D eigenvalue weighted by Gasteiger charge is -2.17. The highest BCUT2D eigenvalue weighted by Gasteiger charge is 2.28. The number of hydrogen-bond donors (Lipinski definition) is 1. The van der Waals surface area contributed by atoms with Gasteiger partial charge in [-0.15, -0.1) is 0 Å². The van der Waals surface area contributed by atoms with Crippen LogP contribution in [0, 0.1) is 6.92 Å². The molecular weight excluding hydrogens is 436 g/mol. The summed E-state index contributed by atoms with van der Waals surface area (Å²) in [5, 5.41) is 2.59. The standard InChI is InChI=1S/C22H24N2O7S/c1-14-6-8-16(32(28,29)24-10-4-5-11-24)13-18(14)20(25)23-19-12-15(21(26)30-2)7-9-17(19)22(27)31-3/h6-9,12-13H,4-5,10-11H2,1-3H3,(H,23,25). The Morgan fingerprint density at radius 1 is 0.906 bits per heavy atom. The molecule has 2 aromatic rings. The van der Waals surface area contributed by atoms with E-state index >= 15 is 0 Å². The number of esters is 2. The first-order chi connectivity index (χ1) is 15.2. The zero-order valence-electron chi connectivity index (χ0n) is 18.0.